The summed E-state index contributed by atoms with van der Waals surface area (Å²) >= 11 is 0. The number of rotatable bonds is 8. The maximum Gasteiger partial charge on any atom is 0.323 e. The molecule has 102 valence electrons. The smallest absolute Gasteiger partial charge is 0.323 e. The highest BCUT2D eigenvalue weighted by atomic mass is 16.5. The van der Waals surface area contributed by atoms with Crippen molar-refractivity contribution in [2.24, 2.45) is 0 Å². The van der Waals surface area contributed by atoms with Crippen LogP contribution in [0.15, 0.2) is 43.0 Å². The Kier molecular flexibility index (Phi) is 6.15. The molecule has 1 aromatic carbocycles. The number of benzene rings is 1. The first-order chi connectivity index (χ1) is 9.13. The van der Waals surface area contributed by atoms with Gasteiger partial charge in [0.1, 0.15) is 12.3 Å². The van der Waals surface area contributed by atoms with Crippen LogP contribution in [0.25, 0.3) is 0 Å². The lowest BCUT2D eigenvalue weighted by Gasteiger charge is -2.18. The SMILES string of the molecule is C=CCN(CC(=O)O)C(=O)CCOc1ccccc1. The molecule has 0 bridgehead atoms. The lowest BCUT2D eigenvalue weighted by atomic mass is 10.3. The summed E-state index contributed by atoms with van der Waals surface area (Å²) < 4.78 is 5.39. The van der Waals surface area contributed by atoms with Gasteiger partial charge in [-0.25, -0.2) is 0 Å². The van der Waals surface area contributed by atoms with E-state index in [-0.39, 0.29) is 32.0 Å². The number of amides is 1. The molecule has 0 saturated heterocycles. The summed E-state index contributed by atoms with van der Waals surface area (Å²) in [7, 11) is 0. The van der Waals surface area contributed by atoms with Crippen molar-refractivity contribution in [3.05, 3.63) is 43.0 Å². The number of carbonyl (C=O) groups excluding carboxylic acids is 1. The molecule has 0 aliphatic heterocycles. The molecule has 1 N–H and O–H groups in total. The molecule has 5 nitrogen and oxygen atoms in total. The third-order valence-electron chi connectivity index (χ3n) is 2.36. The van der Waals surface area contributed by atoms with Gasteiger partial charge in [-0.15, -0.1) is 6.58 Å². The molecule has 0 saturated carbocycles. The van der Waals surface area contributed by atoms with Crippen LogP contribution in [0, 0.1) is 0 Å². The Morgan fingerprint density at radius 3 is 2.58 bits per heavy atom. The molecule has 1 aromatic rings. The molecule has 5 heteroatoms. The monoisotopic (exact) mass is 263 g/mol. The highest BCUT2D eigenvalue weighted by Gasteiger charge is 2.15. The third-order valence-corrected chi connectivity index (χ3v) is 2.36. The van der Waals surface area contributed by atoms with Gasteiger partial charge in [0.25, 0.3) is 0 Å². The maximum atomic E-state index is 11.8. The first-order valence-corrected chi connectivity index (χ1v) is 5.92. The molecule has 0 unspecified atom stereocenters. The minimum Gasteiger partial charge on any atom is -0.493 e. The van der Waals surface area contributed by atoms with Gasteiger partial charge in [0.05, 0.1) is 13.0 Å². The summed E-state index contributed by atoms with van der Waals surface area (Å²) in [6.45, 7) is 3.61. The van der Waals surface area contributed by atoms with Crippen molar-refractivity contribution in [3.8, 4) is 5.75 Å². The lowest BCUT2D eigenvalue weighted by Crippen LogP contribution is -2.36. The predicted octanol–water partition coefficient (Wildman–Crippen LogP) is 1.55. The number of carboxylic acid groups (broad SMARTS) is 1. The number of carboxylic acids is 1. The zero-order chi connectivity index (χ0) is 14.1. The van der Waals surface area contributed by atoms with Crippen LogP contribution < -0.4 is 4.74 Å². The Morgan fingerprint density at radius 1 is 1.32 bits per heavy atom. The van der Waals surface area contributed by atoms with Gasteiger partial charge in [-0.2, -0.15) is 0 Å². The second-order valence-corrected chi connectivity index (χ2v) is 3.87. The van der Waals surface area contributed by atoms with Crippen molar-refractivity contribution in [2.45, 2.75) is 6.42 Å². The van der Waals surface area contributed by atoms with E-state index in [1.165, 1.54) is 11.0 Å². The molecule has 0 spiro atoms. The van der Waals surface area contributed by atoms with Gasteiger partial charge >= 0.3 is 5.97 Å². The van der Waals surface area contributed by atoms with Gasteiger partial charge in [-0.3, -0.25) is 9.59 Å². The van der Waals surface area contributed by atoms with E-state index >= 15 is 0 Å². The molecule has 1 rings (SSSR count). The Balaban J connectivity index is 2.39. The minimum absolute atomic E-state index is 0.135. The van der Waals surface area contributed by atoms with Crippen LogP contribution in [-0.2, 0) is 9.59 Å². The van der Waals surface area contributed by atoms with Crippen LogP contribution in [0.5, 0.6) is 5.75 Å². The third kappa shape index (κ3) is 5.72. The van der Waals surface area contributed by atoms with E-state index in [0.717, 1.165) is 0 Å². The van der Waals surface area contributed by atoms with E-state index in [1.54, 1.807) is 12.1 Å². The summed E-state index contributed by atoms with van der Waals surface area (Å²) in [6.07, 6.45) is 1.63. The number of para-hydroxylation sites is 1. The zero-order valence-electron chi connectivity index (χ0n) is 10.6. The van der Waals surface area contributed by atoms with Gasteiger partial charge in [-0.1, -0.05) is 24.3 Å². The van der Waals surface area contributed by atoms with E-state index in [1.807, 2.05) is 18.2 Å². The van der Waals surface area contributed by atoms with Crippen LogP contribution in [0.2, 0.25) is 0 Å². The molecule has 0 radical (unpaired) electrons. The maximum absolute atomic E-state index is 11.8. The molecule has 19 heavy (non-hydrogen) atoms. The standard InChI is InChI=1S/C14H17NO4/c1-2-9-15(11-14(17)18)13(16)8-10-19-12-6-4-3-5-7-12/h2-7H,1,8-11H2,(H,17,18). The van der Waals surface area contributed by atoms with E-state index in [2.05, 4.69) is 6.58 Å². The van der Waals surface area contributed by atoms with Crippen molar-refractivity contribution >= 4 is 11.9 Å². The summed E-state index contributed by atoms with van der Waals surface area (Å²) in [5.74, 6) is -0.624. The highest BCUT2D eigenvalue weighted by Crippen LogP contribution is 2.08. The van der Waals surface area contributed by atoms with E-state index in [4.69, 9.17) is 9.84 Å². The quantitative estimate of drug-likeness (QED) is 0.723. The van der Waals surface area contributed by atoms with Crippen molar-refractivity contribution in [2.75, 3.05) is 19.7 Å². The van der Waals surface area contributed by atoms with E-state index in [9.17, 15) is 9.59 Å². The van der Waals surface area contributed by atoms with Gasteiger partial charge in [-0.05, 0) is 12.1 Å². The predicted molar refractivity (Wildman–Crippen MR) is 71.0 cm³/mol. The number of aliphatic carboxylic acids is 1. The van der Waals surface area contributed by atoms with Crippen molar-refractivity contribution in [3.63, 3.8) is 0 Å². The molecule has 0 fully saturated rings. The van der Waals surface area contributed by atoms with Crippen molar-refractivity contribution in [1.29, 1.82) is 0 Å². The lowest BCUT2D eigenvalue weighted by molar-refractivity contribution is -0.144. The van der Waals surface area contributed by atoms with Crippen LogP contribution in [0.1, 0.15) is 6.42 Å². The first kappa shape index (κ1) is 14.8. The van der Waals surface area contributed by atoms with Gasteiger partial charge < -0.3 is 14.7 Å². The molecular weight excluding hydrogens is 246 g/mol. The Hall–Kier alpha value is -2.30. The Morgan fingerprint density at radius 2 is 2.00 bits per heavy atom. The van der Waals surface area contributed by atoms with Crippen LogP contribution in [0.3, 0.4) is 0 Å². The fraction of sp³-hybridized carbons (Fsp3) is 0.286. The van der Waals surface area contributed by atoms with Gasteiger partial charge in [0.2, 0.25) is 5.91 Å². The molecule has 0 aromatic heterocycles. The fourth-order valence-corrected chi connectivity index (χ4v) is 1.50. The van der Waals surface area contributed by atoms with Crippen LogP contribution >= 0.6 is 0 Å². The molecule has 0 atom stereocenters. The normalized spacial score (nSPS) is 9.68. The fourth-order valence-electron chi connectivity index (χ4n) is 1.50. The van der Waals surface area contributed by atoms with E-state index in [0.29, 0.717) is 5.75 Å². The summed E-state index contributed by atoms with van der Waals surface area (Å²) in [6, 6.07) is 9.14. The number of nitrogens with zero attached hydrogens (tertiary/aromatic N) is 1. The average molecular weight is 263 g/mol. The second-order valence-electron chi connectivity index (χ2n) is 3.87. The summed E-state index contributed by atoms with van der Waals surface area (Å²) in [5.41, 5.74) is 0. The van der Waals surface area contributed by atoms with E-state index < -0.39 is 5.97 Å². The second kappa shape index (κ2) is 7.92. The van der Waals surface area contributed by atoms with Gasteiger partial charge in [0, 0.05) is 6.54 Å². The van der Waals surface area contributed by atoms with Gasteiger partial charge in [0.15, 0.2) is 0 Å². The first-order valence-electron chi connectivity index (χ1n) is 5.92. The zero-order valence-corrected chi connectivity index (χ0v) is 10.6. The summed E-state index contributed by atoms with van der Waals surface area (Å²) in [5, 5.41) is 8.70. The molecular formula is C14H17NO4. The number of ether oxygens (including phenoxy) is 1. The minimum atomic E-state index is -1.04. The molecule has 0 aliphatic rings. The molecule has 0 aliphatic carbocycles. The van der Waals surface area contributed by atoms with Crippen molar-refractivity contribution in [1.82, 2.24) is 4.90 Å². The summed E-state index contributed by atoms with van der Waals surface area (Å²) in [4.78, 5) is 23.6. The topological polar surface area (TPSA) is 66.8 Å². The molecule has 1 amide bonds. The Labute approximate surface area is 112 Å². The molecule has 0 heterocycles. The van der Waals surface area contributed by atoms with Crippen LogP contribution in [-0.4, -0.2) is 41.6 Å². The Bertz CT molecular complexity index is 430. The number of hydrogen-bond donors (Lipinski definition) is 1. The van der Waals surface area contributed by atoms with Crippen LogP contribution in [0.4, 0.5) is 0 Å². The average Bonchev–Trinajstić information content (AvgIpc) is 2.39. The largest absolute Gasteiger partial charge is 0.493 e. The number of carbonyl (C=O) groups is 2. The van der Waals surface area contributed by atoms with Crippen molar-refractivity contribution < 1.29 is 19.4 Å². The number of hydrogen-bond acceptors (Lipinski definition) is 3. The highest BCUT2D eigenvalue weighted by molar-refractivity contribution is 5.81.